The number of fused-ring (bicyclic) bond motifs is 3. The Kier molecular flexibility index (Phi) is 6.93. The summed E-state index contributed by atoms with van der Waals surface area (Å²) in [5, 5.41) is 16.6. The molecule has 1 unspecified atom stereocenters. The average molecular weight is 493 g/mol. The Morgan fingerprint density at radius 1 is 0.943 bits per heavy atom. The third-order valence-corrected chi connectivity index (χ3v) is 7.03. The molecule has 7 nitrogen and oxygen atoms in total. The van der Waals surface area contributed by atoms with Gasteiger partial charge in [0.05, 0.1) is 0 Å². The lowest BCUT2D eigenvalue weighted by Gasteiger charge is -2.31. The molecule has 35 heavy (non-hydrogen) atoms. The van der Waals surface area contributed by atoms with E-state index in [4.69, 9.17) is 4.74 Å². The minimum Gasteiger partial charge on any atom is -0.479 e. The summed E-state index contributed by atoms with van der Waals surface area (Å²) in [4.78, 5) is 38.1. The molecule has 0 radical (unpaired) electrons. The fourth-order valence-corrected chi connectivity index (χ4v) is 5.14. The van der Waals surface area contributed by atoms with E-state index in [0.29, 0.717) is 4.88 Å². The van der Waals surface area contributed by atoms with Crippen molar-refractivity contribution in [2.45, 2.75) is 38.8 Å². The summed E-state index contributed by atoms with van der Waals surface area (Å²) < 4.78 is 5.60. The van der Waals surface area contributed by atoms with Gasteiger partial charge in [-0.25, -0.2) is 9.59 Å². The number of hydrogen-bond acceptors (Lipinski definition) is 5. The Balaban J connectivity index is 1.45. The van der Waals surface area contributed by atoms with Crippen LogP contribution in [-0.2, 0) is 14.3 Å². The van der Waals surface area contributed by atoms with Gasteiger partial charge in [-0.1, -0.05) is 75.4 Å². The van der Waals surface area contributed by atoms with Crippen molar-refractivity contribution in [2.75, 3.05) is 6.61 Å². The molecular weight excluding hydrogens is 464 g/mol. The standard InChI is InChI=1S/C27H28N2O5S/c1-27(2,3)23(24(30)28-22(25(31)32)21-13-8-14-35-21)29-26(33)34-15-20-18-11-6-4-9-16(18)17-10-5-7-12-19(17)20/h4-14,20,22-23H,15H2,1-3H3,(H,28,30)(H,29,33)(H,31,32)/t22?,23-/m1/s1. The first-order chi connectivity index (χ1) is 16.7. The lowest BCUT2D eigenvalue weighted by atomic mass is 9.86. The molecule has 0 aliphatic heterocycles. The molecule has 0 bridgehead atoms. The second-order valence-corrected chi connectivity index (χ2v) is 10.5. The van der Waals surface area contributed by atoms with E-state index in [-0.39, 0.29) is 12.5 Å². The van der Waals surface area contributed by atoms with Crippen LogP contribution in [0.2, 0.25) is 0 Å². The van der Waals surface area contributed by atoms with Crippen molar-refractivity contribution in [3.8, 4) is 11.1 Å². The largest absolute Gasteiger partial charge is 0.479 e. The van der Waals surface area contributed by atoms with Gasteiger partial charge in [-0.3, -0.25) is 4.79 Å². The maximum atomic E-state index is 13.1. The normalized spacial score (nSPS) is 14.4. The number of nitrogens with one attached hydrogen (secondary N) is 2. The molecule has 0 saturated heterocycles. The maximum Gasteiger partial charge on any atom is 0.407 e. The van der Waals surface area contributed by atoms with E-state index in [1.807, 2.05) is 36.4 Å². The zero-order valence-electron chi connectivity index (χ0n) is 19.8. The first-order valence-electron chi connectivity index (χ1n) is 11.3. The minimum absolute atomic E-state index is 0.106. The van der Waals surface area contributed by atoms with Gasteiger partial charge in [0, 0.05) is 10.8 Å². The van der Waals surface area contributed by atoms with Crippen molar-refractivity contribution in [1.82, 2.24) is 10.6 Å². The Morgan fingerprint density at radius 2 is 1.54 bits per heavy atom. The van der Waals surface area contributed by atoms with E-state index in [1.54, 1.807) is 38.3 Å². The van der Waals surface area contributed by atoms with Crippen molar-refractivity contribution in [2.24, 2.45) is 5.41 Å². The third-order valence-electron chi connectivity index (χ3n) is 6.10. The minimum atomic E-state index is -1.20. The highest BCUT2D eigenvalue weighted by Crippen LogP contribution is 2.44. The molecule has 3 aromatic rings. The molecule has 1 heterocycles. The number of rotatable bonds is 7. The van der Waals surface area contributed by atoms with E-state index in [2.05, 4.69) is 22.8 Å². The lowest BCUT2D eigenvalue weighted by Crippen LogP contribution is -2.55. The van der Waals surface area contributed by atoms with Crippen LogP contribution in [0.3, 0.4) is 0 Å². The van der Waals surface area contributed by atoms with Crippen molar-refractivity contribution in [1.29, 1.82) is 0 Å². The molecule has 8 heteroatoms. The average Bonchev–Trinajstić information content (AvgIpc) is 3.45. The first kappa shape index (κ1) is 24.5. The molecule has 2 atom stereocenters. The molecule has 0 saturated carbocycles. The van der Waals surface area contributed by atoms with Gasteiger partial charge in [0.2, 0.25) is 5.91 Å². The van der Waals surface area contributed by atoms with E-state index in [9.17, 15) is 19.5 Å². The van der Waals surface area contributed by atoms with Crippen LogP contribution < -0.4 is 10.6 Å². The number of carbonyl (C=O) groups excluding carboxylic acids is 2. The van der Waals surface area contributed by atoms with Gasteiger partial charge in [-0.05, 0) is 39.1 Å². The fraction of sp³-hybridized carbons (Fsp3) is 0.296. The molecule has 3 N–H and O–H groups in total. The van der Waals surface area contributed by atoms with Crippen LogP contribution in [0.15, 0.2) is 66.0 Å². The predicted octanol–water partition coefficient (Wildman–Crippen LogP) is 4.94. The summed E-state index contributed by atoms with van der Waals surface area (Å²) in [5.74, 6) is -1.87. The quantitative estimate of drug-likeness (QED) is 0.433. The molecule has 0 spiro atoms. The van der Waals surface area contributed by atoms with Crippen LogP contribution >= 0.6 is 11.3 Å². The number of ether oxygens (including phenoxy) is 1. The molecular formula is C27H28N2O5S. The summed E-state index contributed by atoms with van der Waals surface area (Å²) in [6.45, 7) is 5.50. The zero-order valence-corrected chi connectivity index (χ0v) is 20.6. The van der Waals surface area contributed by atoms with Crippen molar-refractivity contribution < 1.29 is 24.2 Å². The number of benzene rings is 2. The molecule has 182 valence electrons. The number of thiophene rings is 1. The number of aliphatic carboxylic acids is 1. The molecule has 0 fully saturated rings. The van der Waals surface area contributed by atoms with Gasteiger partial charge in [0.25, 0.3) is 0 Å². The maximum absolute atomic E-state index is 13.1. The molecule has 1 aliphatic carbocycles. The second kappa shape index (κ2) is 9.92. The zero-order chi connectivity index (χ0) is 25.2. The second-order valence-electron chi connectivity index (χ2n) is 9.56. The number of carboxylic acid groups (broad SMARTS) is 1. The number of hydrogen-bond donors (Lipinski definition) is 3. The molecule has 4 rings (SSSR count). The topological polar surface area (TPSA) is 105 Å². The van der Waals surface area contributed by atoms with Gasteiger partial charge in [-0.2, -0.15) is 0 Å². The highest BCUT2D eigenvalue weighted by atomic mass is 32.1. The summed E-state index contributed by atoms with van der Waals surface area (Å²) >= 11 is 1.24. The van der Waals surface area contributed by atoms with Crippen molar-refractivity contribution >= 4 is 29.3 Å². The molecule has 1 aliphatic rings. The van der Waals surface area contributed by atoms with Crippen LogP contribution in [0, 0.1) is 5.41 Å². The number of amides is 2. The van der Waals surface area contributed by atoms with E-state index >= 15 is 0 Å². The van der Waals surface area contributed by atoms with Crippen molar-refractivity contribution in [3.05, 3.63) is 82.0 Å². The van der Waals surface area contributed by atoms with Crippen LogP contribution in [0.5, 0.6) is 0 Å². The highest BCUT2D eigenvalue weighted by molar-refractivity contribution is 7.10. The number of carbonyl (C=O) groups is 3. The van der Waals surface area contributed by atoms with E-state index < -0.39 is 35.5 Å². The smallest absolute Gasteiger partial charge is 0.407 e. The monoisotopic (exact) mass is 492 g/mol. The van der Waals surface area contributed by atoms with Crippen LogP contribution in [-0.4, -0.2) is 35.7 Å². The van der Waals surface area contributed by atoms with Gasteiger partial charge in [0.15, 0.2) is 6.04 Å². The Morgan fingerprint density at radius 3 is 2.06 bits per heavy atom. The lowest BCUT2D eigenvalue weighted by molar-refractivity contribution is -0.142. The van der Waals surface area contributed by atoms with Gasteiger partial charge in [0.1, 0.15) is 12.6 Å². The Bertz CT molecular complexity index is 1190. The third kappa shape index (κ3) is 5.22. The number of carboxylic acids is 1. The predicted molar refractivity (Wildman–Crippen MR) is 134 cm³/mol. The van der Waals surface area contributed by atoms with Crippen LogP contribution in [0.25, 0.3) is 11.1 Å². The molecule has 2 aromatic carbocycles. The Hall–Kier alpha value is -3.65. The van der Waals surface area contributed by atoms with E-state index in [1.165, 1.54) is 11.3 Å². The summed E-state index contributed by atoms with van der Waals surface area (Å²) in [7, 11) is 0. The summed E-state index contributed by atoms with van der Waals surface area (Å²) in [6.07, 6.45) is -0.732. The fourth-order valence-electron chi connectivity index (χ4n) is 4.37. The van der Waals surface area contributed by atoms with Gasteiger partial charge >= 0.3 is 12.1 Å². The SMILES string of the molecule is CC(C)(C)[C@H](NC(=O)OCC1c2ccccc2-c2ccccc21)C(=O)NC(C(=O)O)c1cccs1. The summed E-state index contributed by atoms with van der Waals surface area (Å²) in [5.41, 5.74) is 3.74. The Labute approximate surface area is 208 Å². The first-order valence-corrected chi connectivity index (χ1v) is 12.2. The number of alkyl carbamates (subject to hydrolysis) is 1. The van der Waals surface area contributed by atoms with Crippen LogP contribution in [0.1, 0.15) is 48.7 Å². The van der Waals surface area contributed by atoms with Gasteiger partial charge in [-0.15, -0.1) is 11.3 Å². The molecule has 1 aromatic heterocycles. The van der Waals surface area contributed by atoms with Crippen LogP contribution in [0.4, 0.5) is 4.79 Å². The van der Waals surface area contributed by atoms with E-state index in [0.717, 1.165) is 22.3 Å². The highest BCUT2D eigenvalue weighted by Gasteiger charge is 2.36. The van der Waals surface area contributed by atoms with Gasteiger partial charge < -0.3 is 20.5 Å². The molecule has 2 amide bonds. The summed E-state index contributed by atoms with van der Waals surface area (Å²) in [6, 6.07) is 17.2. The van der Waals surface area contributed by atoms with Crippen molar-refractivity contribution in [3.63, 3.8) is 0 Å².